The molecule has 2 atom stereocenters. The van der Waals surface area contributed by atoms with Crippen LogP contribution >= 0.6 is 0 Å². The van der Waals surface area contributed by atoms with Crippen molar-refractivity contribution in [3.63, 3.8) is 0 Å². The van der Waals surface area contributed by atoms with Crippen LogP contribution in [0, 0.1) is 0 Å². The molecule has 0 spiro atoms. The van der Waals surface area contributed by atoms with E-state index < -0.39 is 0 Å². The van der Waals surface area contributed by atoms with Crippen molar-refractivity contribution in [3.8, 4) is 0 Å². The van der Waals surface area contributed by atoms with Crippen molar-refractivity contribution >= 4 is 0 Å². The van der Waals surface area contributed by atoms with E-state index in [1.165, 1.54) is 45.1 Å². The van der Waals surface area contributed by atoms with E-state index in [1.54, 1.807) is 0 Å². The molecule has 5 nitrogen and oxygen atoms in total. The zero-order valence-corrected chi connectivity index (χ0v) is 13.2. The van der Waals surface area contributed by atoms with Gasteiger partial charge in [-0.2, -0.15) is 4.98 Å². The van der Waals surface area contributed by atoms with Crippen LogP contribution in [0.2, 0.25) is 0 Å². The van der Waals surface area contributed by atoms with Crippen molar-refractivity contribution in [2.24, 2.45) is 0 Å². The third kappa shape index (κ3) is 3.83. The summed E-state index contributed by atoms with van der Waals surface area (Å²) in [7, 11) is 0. The van der Waals surface area contributed by atoms with Gasteiger partial charge in [-0.3, -0.25) is 4.90 Å². The molecule has 2 fully saturated rings. The monoisotopic (exact) mass is 292 g/mol. The summed E-state index contributed by atoms with van der Waals surface area (Å²) < 4.78 is 5.45. The molecular formula is C16H28N4O. The zero-order valence-electron chi connectivity index (χ0n) is 13.2. The number of aryl methyl sites for hydroxylation is 1. The van der Waals surface area contributed by atoms with Gasteiger partial charge in [0.1, 0.15) is 0 Å². The molecule has 118 valence electrons. The summed E-state index contributed by atoms with van der Waals surface area (Å²) in [4.78, 5) is 7.12. The molecule has 3 heterocycles. The maximum absolute atomic E-state index is 5.45. The molecule has 1 aromatic rings. The third-order valence-electron chi connectivity index (χ3n) is 4.83. The van der Waals surface area contributed by atoms with Crippen molar-refractivity contribution in [3.05, 3.63) is 11.7 Å². The van der Waals surface area contributed by atoms with Gasteiger partial charge < -0.3 is 9.84 Å². The topological polar surface area (TPSA) is 54.2 Å². The molecule has 3 rings (SSSR count). The summed E-state index contributed by atoms with van der Waals surface area (Å²) in [6.45, 7) is 5.35. The highest BCUT2D eigenvalue weighted by molar-refractivity contribution is 4.93. The minimum absolute atomic E-state index is 0.646. The first-order valence-corrected chi connectivity index (χ1v) is 8.65. The van der Waals surface area contributed by atoms with E-state index in [0.29, 0.717) is 12.1 Å². The number of nitrogens with zero attached hydrogens (tertiary/aromatic N) is 3. The summed E-state index contributed by atoms with van der Waals surface area (Å²) >= 11 is 0. The number of hydrogen-bond acceptors (Lipinski definition) is 5. The lowest BCUT2D eigenvalue weighted by Crippen LogP contribution is -2.49. The molecule has 1 aromatic heterocycles. The lowest BCUT2D eigenvalue weighted by molar-refractivity contribution is 0.0993. The van der Waals surface area contributed by atoms with Crippen LogP contribution in [0.1, 0.15) is 63.6 Å². The fourth-order valence-corrected chi connectivity index (χ4v) is 3.67. The van der Waals surface area contributed by atoms with Crippen molar-refractivity contribution in [2.75, 3.05) is 13.1 Å². The normalized spacial score (nSPS) is 27.3. The molecule has 2 unspecified atom stereocenters. The average Bonchev–Trinajstić information content (AvgIpc) is 3.17. The quantitative estimate of drug-likeness (QED) is 0.873. The summed E-state index contributed by atoms with van der Waals surface area (Å²) in [6.07, 6.45) is 9.82. The highest BCUT2D eigenvalue weighted by atomic mass is 16.5. The van der Waals surface area contributed by atoms with E-state index in [2.05, 4.69) is 27.3 Å². The number of aromatic nitrogens is 2. The Bertz CT molecular complexity index is 428. The lowest BCUT2D eigenvalue weighted by atomic mass is 9.94. The summed E-state index contributed by atoms with van der Waals surface area (Å²) in [5.74, 6) is 1.67. The molecule has 0 saturated carbocycles. The fraction of sp³-hybridized carbons (Fsp3) is 0.875. The van der Waals surface area contributed by atoms with E-state index in [1.807, 2.05) is 0 Å². The minimum Gasteiger partial charge on any atom is -0.338 e. The second-order valence-corrected chi connectivity index (χ2v) is 6.44. The molecule has 0 aliphatic carbocycles. The molecular weight excluding hydrogens is 264 g/mol. The standard InChI is InChI=1S/C16H28N4O/c1-2-3-9-15-18-16(21-19-15)12-20-11-5-4-8-14(20)13-7-6-10-17-13/h13-14,17H,2-12H2,1H3. The summed E-state index contributed by atoms with van der Waals surface area (Å²) in [6, 6.07) is 1.31. The van der Waals surface area contributed by atoms with Crippen LogP contribution in [0.5, 0.6) is 0 Å². The highest BCUT2D eigenvalue weighted by Gasteiger charge is 2.32. The van der Waals surface area contributed by atoms with Gasteiger partial charge in [0.25, 0.3) is 0 Å². The van der Waals surface area contributed by atoms with Crippen molar-refractivity contribution in [1.82, 2.24) is 20.4 Å². The highest BCUT2D eigenvalue weighted by Crippen LogP contribution is 2.25. The molecule has 0 amide bonds. The number of nitrogens with one attached hydrogen (secondary N) is 1. The molecule has 5 heteroatoms. The van der Waals surface area contributed by atoms with Crippen LogP contribution in [0.3, 0.4) is 0 Å². The largest absolute Gasteiger partial charge is 0.338 e. The van der Waals surface area contributed by atoms with Crippen LogP contribution in [-0.2, 0) is 13.0 Å². The first-order valence-electron chi connectivity index (χ1n) is 8.65. The van der Waals surface area contributed by atoms with Gasteiger partial charge in [-0.1, -0.05) is 24.9 Å². The molecule has 1 N–H and O–H groups in total. The average molecular weight is 292 g/mol. The Kier molecular flexibility index (Phi) is 5.25. The first kappa shape index (κ1) is 15.0. The lowest BCUT2D eigenvalue weighted by Gasteiger charge is -2.38. The maximum atomic E-state index is 5.45. The summed E-state index contributed by atoms with van der Waals surface area (Å²) in [5.41, 5.74) is 0. The smallest absolute Gasteiger partial charge is 0.240 e. The van der Waals surface area contributed by atoms with E-state index in [4.69, 9.17) is 4.52 Å². The Morgan fingerprint density at radius 3 is 3.05 bits per heavy atom. The van der Waals surface area contributed by atoms with E-state index in [-0.39, 0.29) is 0 Å². The first-order chi connectivity index (χ1) is 10.4. The van der Waals surface area contributed by atoms with Gasteiger partial charge in [-0.05, 0) is 45.2 Å². The Hall–Kier alpha value is -0.940. The van der Waals surface area contributed by atoms with Crippen LogP contribution in [0.15, 0.2) is 4.52 Å². The molecule has 0 aromatic carbocycles. The Morgan fingerprint density at radius 2 is 2.24 bits per heavy atom. The molecule has 2 aliphatic heterocycles. The van der Waals surface area contributed by atoms with Crippen LogP contribution in [0.25, 0.3) is 0 Å². The van der Waals surface area contributed by atoms with Gasteiger partial charge in [0.05, 0.1) is 6.54 Å². The Labute approximate surface area is 127 Å². The fourth-order valence-electron chi connectivity index (χ4n) is 3.67. The van der Waals surface area contributed by atoms with Gasteiger partial charge in [-0.25, -0.2) is 0 Å². The van der Waals surface area contributed by atoms with E-state index in [0.717, 1.165) is 37.6 Å². The van der Waals surface area contributed by atoms with Gasteiger partial charge in [0.2, 0.25) is 5.89 Å². The molecule has 0 bridgehead atoms. The predicted octanol–water partition coefficient (Wildman–Crippen LogP) is 2.52. The second-order valence-electron chi connectivity index (χ2n) is 6.44. The van der Waals surface area contributed by atoms with Crippen LogP contribution in [0.4, 0.5) is 0 Å². The van der Waals surface area contributed by atoms with Gasteiger partial charge >= 0.3 is 0 Å². The number of piperidine rings is 1. The van der Waals surface area contributed by atoms with Gasteiger partial charge in [0.15, 0.2) is 5.82 Å². The number of unbranched alkanes of at least 4 members (excludes halogenated alkanes) is 1. The van der Waals surface area contributed by atoms with Crippen molar-refractivity contribution in [1.29, 1.82) is 0 Å². The Balaban J connectivity index is 1.59. The Morgan fingerprint density at radius 1 is 1.29 bits per heavy atom. The molecule has 2 saturated heterocycles. The van der Waals surface area contributed by atoms with Crippen molar-refractivity contribution < 1.29 is 4.52 Å². The second kappa shape index (κ2) is 7.36. The number of hydrogen-bond donors (Lipinski definition) is 1. The number of rotatable bonds is 6. The molecule has 0 radical (unpaired) electrons. The minimum atomic E-state index is 0.646. The van der Waals surface area contributed by atoms with E-state index >= 15 is 0 Å². The zero-order chi connectivity index (χ0) is 14.5. The van der Waals surface area contributed by atoms with Crippen LogP contribution < -0.4 is 5.32 Å². The summed E-state index contributed by atoms with van der Waals surface area (Å²) in [5, 5.41) is 7.78. The van der Waals surface area contributed by atoms with Crippen molar-refractivity contribution in [2.45, 2.75) is 76.9 Å². The van der Waals surface area contributed by atoms with Gasteiger partial charge in [0, 0.05) is 18.5 Å². The maximum Gasteiger partial charge on any atom is 0.240 e. The van der Waals surface area contributed by atoms with Gasteiger partial charge in [-0.15, -0.1) is 0 Å². The van der Waals surface area contributed by atoms with Crippen LogP contribution in [-0.4, -0.2) is 40.2 Å². The number of likely N-dealkylation sites (tertiary alicyclic amines) is 1. The third-order valence-corrected chi connectivity index (χ3v) is 4.83. The van der Waals surface area contributed by atoms with E-state index in [9.17, 15) is 0 Å². The SMILES string of the molecule is CCCCc1noc(CN2CCCCC2C2CCCN2)n1. The predicted molar refractivity (Wildman–Crippen MR) is 82.0 cm³/mol. The molecule has 2 aliphatic rings. The molecule has 21 heavy (non-hydrogen) atoms.